The number of ether oxygens (including phenoxy) is 2. The van der Waals surface area contributed by atoms with Gasteiger partial charge in [-0.2, -0.15) is 0 Å². The number of hydrogen-bond acceptors (Lipinski definition) is 5. The van der Waals surface area contributed by atoms with E-state index in [1.165, 1.54) is 0 Å². The molecule has 1 amide bonds. The van der Waals surface area contributed by atoms with Crippen LogP contribution in [0.15, 0.2) is 48.7 Å². The van der Waals surface area contributed by atoms with Crippen LogP contribution < -0.4 is 14.8 Å². The molecule has 2 fully saturated rings. The summed E-state index contributed by atoms with van der Waals surface area (Å²) >= 11 is 0. The van der Waals surface area contributed by atoms with Gasteiger partial charge in [-0.15, -0.1) is 0 Å². The fourth-order valence-electron chi connectivity index (χ4n) is 3.43. The van der Waals surface area contributed by atoms with Gasteiger partial charge in [0.25, 0.3) is 5.91 Å². The van der Waals surface area contributed by atoms with Crippen LogP contribution in [0.25, 0.3) is 0 Å². The zero-order valence-electron chi connectivity index (χ0n) is 13.9. The predicted octanol–water partition coefficient (Wildman–Crippen LogP) is 1.93. The van der Waals surface area contributed by atoms with Crippen molar-refractivity contribution in [3.63, 3.8) is 0 Å². The molecule has 0 saturated carbocycles. The minimum Gasteiger partial charge on any atom is -0.484 e. The molecule has 2 saturated heterocycles. The van der Waals surface area contributed by atoms with Crippen LogP contribution in [0.4, 0.5) is 0 Å². The molecule has 6 nitrogen and oxygen atoms in total. The highest BCUT2D eigenvalue weighted by atomic mass is 16.5. The fraction of sp³-hybridized carbons (Fsp3) is 0.368. The van der Waals surface area contributed by atoms with Crippen LogP contribution in [0.5, 0.6) is 17.4 Å². The number of rotatable bonds is 5. The van der Waals surface area contributed by atoms with E-state index < -0.39 is 0 Å². The van der Waals surface area contributed by atoms with E-state index in [0.717, 1.165) is 26.2 Å². The molecule has 2 aromatic rings. The number of likely N-dealkylation sites (tertiary alicyclic amines) is 1. The van der Waals surface area contributed by atoms with Crippen molar-refractivity contribution in [3.8, 4) is 17.4 Å². The van der Waals surface area contributed by atoms with Gasteiger partial charge < -0.3 is 19.7 Å². The average Bonchev–Trinajstić information content (AvgIpc) is 3.24. The first kappa shape index (κ1) is 15.9. The van der Waals surface area contributed by atoms with Crippen molar-refractivity contribution in [2.75, 3.05) is 32.8 Å². The number of benzene rings is 1. The van der Waals surface area contributed by atoms with Crippen LogP contribution in [-0.2, 0) is 4.79 Å². The van der Waals surface area contributed by atoms with Crippen molar-refractivity contribution in [2.45, 2.75) is 0 Å². The molecule has 0 spiro atoms. The summed E-state index contributed by atoms with van der Waals surface area (Å²) in [6.07, 6.45) is 1.68. The third-order valence-electron chi connectivity index (χ3n) is 4.79. The molecule has 4 rings (SSSR count). The highest BCUT2D eigenvalue weighted by Crippen LogP contribution is 2.26. The van der Waals surface area contributed by atoms with Crippen molar-refractivity contribution < 1.29 is 14.3 Å². The lowest BCUT2D eigenvalue weighted by molar-refractivity contribution is -0.132. The molecule has 0 unspecified atom stereocenters. The second-order valence-corrected chi connectivity index (χ2v) is 6.51. The highest BCUT2D eigenvalue weighted by Gasteiger charge is 2.37. The van der Waals surface area contributed by atoms with Crippen molar-refractivity contribution >= 4 is 5.91 Å². The zero-order chi connectivity index (χ0) is 17.1. The lowest BCUT2D eigenvalue weighted by Crippen LogP contribution is -2.35. The number of amides is 1. The Labute approximate surface area is 146 Å². The Morgan fingerprint density at radius 3 is 2.48 bits per heavy atom. The van der Waals surface area contributed by atoms with E-state index in [4.69, 9.17) is 9.47 Å². The second kappa shape index (κ2) is 7.11. The normalized spacial score (nSPS) is 21.8. The minimum absolute atomic E-state index is 0.0585. The summed E-state index contributed by atoms with van der Waals surface area (Å²) in [4.78, 5) is 18.3. The highest BCUT2D eigenvalue weighted by molar-refractivity contribution is 5.78. The zero-order valence-corrected chi connectivity index (χ0v) is 13.9. The van der Waals surface area contributed by atoms with Gasteiger partial charge in [0.15, 0.2) is 6.61 Å². The van der Waals surface area contributed by atoms with Crippen LogP contribution in [0, 0.1) is 11.8 Å². The number of nitrogens with zero attached hydrogens (tertiary/aromatic N) is 2. The quantitative estimate of drug-likeness (QED) is 0.902. The van der Waals surface area contributed by atoms with E-state index in [0.29, 0.717) is 29.2 Å². The van der Waals surface area contributed by atoms with Crippen molar-refractivity contribution in [2.24, 2.45) is 11.8 Å². The Bertz CT molecular complexity index is 708. The topological polar surface area (TPSA) is 63.7 Å². The molecule has 6 heteroatoms. The maximum absolute atomic E-state index is 12.3. The molecule has 2 aliphatic rings. The average molecular weight is 339 g/mol. The largest absolute Gasteiger partial charge is 0.484 e. The lowest BCUT2D eigenvalue weighted by Gasteiger charge is -2.17. The molecule has 3 heterocycles. The van der Waals surface area contributed by atoms with Gasteiger partial charge >= 0.3 is 0 Å². The van der Waals surface area contributed by atoms with Gasteiger partial charge in [-0.05, 0) is 42.2 Å². The molecule has 0 radical (unpaired) electrons. The number of carbonyl (C=O) groups excluding carboxylic acids is 1. The van der Waals surface area contributed by atoms with E-state index in [-0.39, 0.29) is 12.5 Å². The molecular formula is C19H21N3O3. The summed E-state index contributed by atoms with van der Waals surface area (Å²) in [7, 11) is 0. The molecule has 25 heavy (non-hydrogen) atoms. The first-order valence-corrected chi connectivity index (χ1v) is 8.58. The van der Waals surface area contributed by atoms with Crippen LogP contribution in [-0.4, -0.2) is 48.6 Å². The molecule has 1 aromatic carbocycles. The third kappa shape index (κ3) is 3.74. The lowest BCUT2D eigenvalue weighted by atomic mass is 10.0. The number of hydrogen-bond donors (Lipinski definition) is 1. The van der Waals surface area contributed by atoms with Crippen molar-refractivity contribution in [3.05, 3.63) is 48.7 Å². The van der Waals surface area contributed by atoms with Crippen LogP contribution in [0.2, 0.25) is 0 Å². The molecule has 2 atom stereocenters. The van der Waals surface area contributed by atoms with E-state index in [1.54, 1.807) is 36.5 Å². The van der Waals surface area contributed by atoms with Gasteiger partial charge in [0.2, 0.25) is 5.88 Å². The summed E-state index contributed by atoms with van der Waals surface area (Å²) in [6, 6.07) is 12.7. The van der Waals surface area contributed by atoms with Gasteiger partial charge in [-0.3, -0.25) is 4.79 Å². The van der Waals surface area contributed by atoms with E-state index in [9.17, 15) is 4.79 Å². The number of nitrogens with one attached hydrogen (secondary N) is 1. The first-order valence-electron chi connectivity index (χ1n) is 8.58. The summed E-state index contributed by atoms with van der Waals surface area (Å²) in [5.74, 6) is 3.14. The van der Waals surface area contributed by atoms with E-state index >= 15 is 0 Å². The Morgan fingerprint density at radius 2 is 1.80 bits per heavy atom. The van der Waals surface area contributed by atoms with Gasteiger partial charge in [0.05, 0.1) is 0 Å². The molecule has 1 N–H and O–H groups in total. The Balaban J connectivity index is 1.27. The maximum atomic E-state index is 12.3. The molecule has 2 aliphatic heterocycles. The SMILES string of the molecule is O=C(COc1ccc(Oc2ccccn2)cc1)N1C[C@H]2CNC[C@H]2C1. The maximum Gasteiger partial charge on any atom is 0.260 e. The second-order valence-electron chi connectivity index (χ2n) is 6.51. The van der Waals surface area contributed by atoms with Crippen LogP contribution in [0.3, 0.4) is 0 Å². The molecule has 1 aromatic heterocycles. The first-order chi connectivity index (χ1) is 12.3. The number of fused-ring (bicyclic) bond motifs is 1. The van der Waals surface area contributed by atoms with E-state index in [2.05, 4.69) is 10.3 Å². The van der Waals surface area contributed by atoms with Crippen LogP contribution >= 0.6 is 0 Å². The fourth-order valence-corrected chi connectivity index (χ4v) is 3.43. The molecular weight excluding hydrogens is 318 g/mol. The monoisotopic (exact) mass is 339 g/mol. The van der Waals surface area contributed by atoms with Gasteiger partial charge in [0, 0.05) is 38.4 Å². The summed E-state index contributed by atoms with van der Waals surface area (Å²) in [6.45, 7) is 3.81. The Hall–Kier alpha value is -2.60. The van der Waals surface area contributed by atoms with Crippen molar-refractivity contribution in [1.82, 2.24) is 15.2 Å². The predicted molar refractivity (Wildman–Crippen MR) is 92.7 cm³/mol. The smallest absolute Gasteiger partial charge is 0.260 e. The summed E-state index contributed by atoms with van der Waals surface area (Å²) < 4.78 is 11.3. The van der Waals surface area contributed by atoms with Gasteiger partial charge in [-0.25, -0.2) is 4.98 Å². The molecule has 0 aliphatic carbocycles. The Morgan fingerprint density at radius 1 is 1.08 bits per heavy atom. The van der Waals surface area contributed by atoms with Crippen LogP contribution in [0.1, 0.15) is 0 Å². The molecule has 0 bridgehead atoms. The number of aromatic nitrogens is 1. The Kier molecular flexibility index (Phi) is 4.52. The third-order valence-corrected chi connectivity index (χ3v) is 4.79. The van der Waals surface area contributed by atoms with Gasteiger partial charge in [0.1, 0.15) is 11.5 Å². The number of pyridine rings is 1. The van der Waals surface area contributed by atoms with Gasteiger partial charge in [-0.1, -0.05) is 6.07 Å². The van der Waals surface area contributed by atoms with E-state index in [1.807, 2.05) is 17.0 Å². The standard InChI is InChI=1S/C19H21N3O3/c23-19(22-11-14-9-20-10-15(14)12-22)13-24-16-4-6-17(7-5-16)25-18-3-1-2-8-21-18/h1-8,14-15,20H,9-13H2/t14-,15+. The number of carbonyl (C=O) groups is 1. The summed E-state index contributed by atoms with van der Waals surface area (Å²) in [5, 5.41) is 3.38. The van der Waals surface area contributed by atoms with Crippen molar-refractivity contribution in [1.29, 1.82) is 0 Å². The summed E-state index contributed by atoms with van der Waals surface area (Å²) in [5.41, 5.74) is 0. The molecule has 130 valence electrons. The minimum atomic E-state index is 0.0585.